The summed E-state index contributed by atoms with van der Waals surface area (Å²) < 4.78 is 5.82. The molecule has 0 unspecified atom stereocenters. The third kappa shape index (κ3) is 3.88. The van der Waals surface area contributed by atoms with Gasteiger partial charge < -0.3 is 15.8 Å². The first kappa shape index (κ1) is 19.6. The van der Waals surface area contributed by atoms with E-state index in [1.54, 1.807) is 6.20 Å². The molecule has 6 heteroatoms. The van der Waals surface area contributed by atoms with Gasteiger partial charge in [0.25, 0.3) is 5.91 Å². The number of methoxy groups -OCH3 is 1. The Bertz CT molecular complexity index is 711. The van der Waals surface area contributed by atoms with E-state index in [1.165, 1.54) is 32.1 Å². The van der Waals surface area contributed by atoms with Crippen molar-refractivity contribution in [3.63, 3.8) is 0 Å². The number of ether oxygens (including phenoxy) is 1. The van der Waals surface area contributed by atoms with E-state index >= 15 is 0 Å². The second kappa shape index (κ2) is 7.62. The molecule has 1 heterocycles. The lowest BCUT2D eigenvalue weighted by Gasteiger charge is -2.52. The fraction of sp³-hybridized carbons (Fsp3) is 0.773. The largest absolute Gasteiger partial charge is 0.378 e. The van der Waals surface area contributed by atoms with Crippen LogP contribution in [0.5, 0.6) is 0 Å². The van der Waals surface area contributed by atoms with E-state index in [9.17, 15) is 4.79 Å². The van der Waals surface area contributed by atoms with Crippen LogP contribution in [0, 0.1) is 11.3 Å². The van der Waals surface area contributed by atoms with Crippen molar-refractivity contribution in [2.24, 2.45) is 17.1 Å². The van der Waals surface area contributed by atoms with Crippen LogP contribution in [0.2, 0.25) is 0 Å². The number of nitrogens with two attached hydrogens (primary N) is 1. The first-order chi connectivity index (χ1) is 13.4. The van der Waals surface area contributed by atoms with Gasteiger partial charge >= 0.3 is 0 Å². The van der Waals surface area contributed by atoms with Gasteiger partial charge in [-0.05, 0) is 62.7 Å². The van der Waals surface area contributed by atoms with E-state index in [0.29, 0.717) is 23.3 Å². The Balaban J connectivity index is 1.51. The topological polar surface area (TPSA) is 90.1 Å². The van der Waals surface area contributed by atoms with Crippen LogP contribution in [-0.2, 0) is 11.2 Å². The molecule has 4 aliphatic rings. The van der Waals surface area contributed by atoms with E-state index in [2.05, 4.69) is 17.2 Å². The molecule has 154 valence electrons. The molecule has 4 aliphatic carbocycles. The van der Waals surface area contributed by atoms with Gasteiger partial charge in [0, 0.05) is 25.8 Å². The highest BCUT2D eigenvalue weighted by Gasteiger charge is 2.49. The van der Waals surface area contributed by atoms with E-state index in [-0.39, 0.29) is 11.0 Å². The smallest absolute Gasteiger partial charge is 0.254 e. The molecule has 5 rings (SSSR count). The minimum atomic E-state index is -0.462. The van der Waals surface area contributed by atoms with Crippen molar-refractivity contribution in [3.8, 4) is 0 Å². The number of anilines is 1. The normalized spacial score (nSPS) is 34.9. The zero-order chi connectivity index (χ0) is 19.8. The molecule has 1 aromatic rings. The molecule has 1 amide bonds. The third-order valence-electron chi connectivity index (χ3n) is 7.68. The van der Waals surface area contributed by atoms with Gasteiger partial charge in [-0.15, -0.1) is 0 Å². The van der Waals surface area contributed by atoms with E-state index in [0.717, 1.165) is 44.3 Å². The Hall–Kier alpha value is -1.69. The minimum Gasteiger partial charge on any atom is -0.378 e. The molecule has 4 fully saturated rings. The van der Waals surface area contributed by atoms with Gasteiger partial charge in [0.1, 0.15) is 11.6 Å². The second-order valence-electron chi connectivity index (χ2n) is 9.59. The Morgan fingerprint density at radius 1 is 1.25 bits per heavy atom. The number of rotatable bonds is 6. The summed E-state index contributed by atoms with van der Waals surface area (Å²) >= 11 is 0. The Kier molecular flexibility index (Phi) is 5.34. The van der Waals surface area contributed by atoms with Gasteiger partial charge in [0.05, 0.1) is 11.2 Å². The number of nitrogens with one attached hydrogen (secondary N) is 1. The number of nitrogens with zero attached hydrogens (tertiary/aromatic N) is 2. The molecule has 2 bridgehead atoms. The summed E-state index contributed by atoms with van der Waals surface area (Å²) in [5.74, 6) is 1.71. The summed E-state index contributed by atoms with van der Waals surface area (Å²) in [6.45, 7) is 2.29. The van der Waals surface area contributed by atoms with Crippen LogP contribution in [0.3, 0.4) is 0 Å². The maximum absolute atomic E-state index is 11.9. The molecule has 28 heavy (non-hydrogen) atoms. The van der Waals surface area contributed by atoms with Gasteiger partial charge in [-0.3, -0.25) is 4.79 Å². The fourth-order valence-corrected chi connectivity index (χ4v) is 5.69. The van der Waals surface area contributed by atoms with Crippen molar-refractivity contribution >= 4 is 11.7 Å². The van der Waals surface area contributed by atoms with Crippen molar-refractivity contribution in [2.75, 3.05) is 12.4 Å². The molecule has 0 spiro atoms. The number of amides is 1. The van der Waals surface area contributed by atoms with Crippen molar-refractivity contribution < 1.29 is 9.53 Å². The highest BCUT2D eigenvalue weighted by molar-refractivity contribution is 5.97. The van der Waals surface area contributed by atoms with Gasteiger partial charge in [0.2, 0.25) is 0 Å². The van der Waals surface area contributed by atoms with Crippen molar-refractivity contribution in [1.82, 2.24) is 9.97 Å². The third-order valence-corrected chi connectivity index (χ3v) is 7.68. The van der Waals surface area contributed by atoms with E-state index < -0.39 is 5.91 Å². The lowest BCUT2D eigenvalue weighted by Crippen LogP contribution is -2.48. The maximum atomic E-state index is 11.9. The summed E-state index contributed by atoms with van der Waals surface area (Å²) in [6, 6.07) is 0.356. The second-order valence-corrected chi connectivity index (χ2v) is 9.59. The van der Waals surface area contributed by atoms with Crippen LogP contribution < -0.4 is 11.1 Å². The Morgan fingerprint density at radius 2 is 1.96 bits per heavy atom. The van der Waals surface area contributed by atoms with Crippen molar-refractivity contribution in [2.45, 2.75) is 89.2 Å². The lowest BCUT2D eigenvalue weighted by molar-refractivity contribution is -0.117. The Morgan fingerprint density at radius 3 is 2.57 bits per heavy atom. The molecule has 2 atom stereocenters. The summed E-state index contributed by atoms with van der Waals surface area (Å²) in [6.07, 6.45) is 14.1. The molecule has 0 radical (unpaired) electrons. The Labute approximate surface area is 168 Å². The SMILES string of the molecule is COC12CCC(Cc3ncc(C(N)=O)c(N[C@@H]4CCC[C@H](C)C4)n3)(CC1)CC2. The molecule has 1 aromatic heterocycles. The molecule has 0 aromatic carbocycles. The van der Waals surface area contributed by atoms with E-state index in [4.69, 9.17) is 15.5 Å². The molecule has 0 aliphatic heterocycles. The van der Waals surface area contributed by atoms with Crippen LogP contribution in [0.4, 0.5) is 5.82 Å². The highest BCUT2D eigenvalue weighted by Crippen LogP contribution is 2.54. The number of carbonyl (C=O) groups excluding carboxylic acids is 1. The lowest BCUT2D eigenvalue weighted by atomic mass is 9.57. The molecule has 0 saturated heterocycles. The number of carbonyl (C=O) groups is 1. The average molecular weight is 387 g/mol. The first-order valence-electron chi connectivity index (χ1n) is 10.9. The quantitative estimate of drug-likeness (QED) is 0.775. The van der Waals surface area contributed by atoms with Crippen LogP contribution in [0.1, 0.15) is 87.3 Å². The van der Waals surface area contributed by atoms with Crippen molar-refractivity contribution in [1.29, 1.82) is 0 Å². The predicted octanol–water partition coefficient (Wildman–Crippen LogP) is 3.85. The fourth-order valence-electron chi connectivity index (χ4n) is 5.69. The number of hydrogen-bond donors (Lipinski definition) is 2. The average Bonchev–Trinajstić information content (AvgIpc) is 2.69. The van der Waals surface area contributed by atoms with Crippen LogP contribution in [-0.4, -0.2) is 34.6 Å². The number of aromatic nitrogens is 2. The van der Waals surface area contributed by atoms with Gasteiger partial charge in [0.15, 0.2) is 0 Å². The first-order valence-corrected chi connectivity index (χ1v) is 10.9. The number of hydrogen-bond acceptors (Lipinski definition) is 5. The van der Waals surface area contributed by atoms with Crippen LogP contribution in [0.15, 0.2) is 6.20 Å². The van der Waals surface area contributed by atoms with Crippen LogP contribution in [0.25, 0.3) is 0 Å². The molecular weight excluding hydrogens is 352 g/mol. The molecular formula is C22H34N4O2. The van der Waals surface area contributed by atoms with Gasteiger partial charge in [-0.25, -0.2) is 9.97 Å². The summed E-state index contributed by atoms with van der Waals surface area (Å²) in [7, 11) is 1.86. The predicted molar refractivity (Wildman–Crippen MR) is 109 cm³/mol. The van der Waals surface area contributed by atoms with Gasteiger partial charge in [-0.2, -0.15) is 0 Å². The minimum absolute atomic E-state index is 0.114. The van der Waals surface area contributed by atoms with Crippen LogP contribution >= 0.6 is 0 Å². The summed E-state index contributed by atoms with van der Waals surface area (Å²) in [5.41, 5.74) is 6.40. The molecule has 6 nitrogen and oxygen atoms in total. The van der Waals surface area contributed by atoms with Crippen molar-refractivity contribution in [3.05, 3.63) is 17.6 Å². The monoisotopic (exact) mass is 386 g/mol. The number of primary amides is 1. The standard InChI is InChI=1S/C22H34N4O2/c1-15-4-3-5-16(12-15)25-20-17(19(23)27)14-24-18(26-20)13-21-6-9-22(28-2,10-7-21)11-8-21/h14-16H,3-13H2,1-2H3,(H2,23,27)(H,24,25,26)/t15-,16+,21?,22?/m0/s1. The molecule has 4 saturated carbocycles. The zero-order valence-electron chi connectivity index (χ0n) is 17.3. The summed E-state index contributed by atoms with van der Waals surface area (Å²) in [4.78, 5) is 21.2. The number of fused-ring (bicyclic) bond motifs is 3. The molecule has 3 N–H and O–H groups in total. The van der Waals surface area contributed by atoms with Gasteiger partial charge in [-0.1, -0.05) is 19.8 Å². The zero-order valence-corrected chi connectivity index (χ0v) is 17.3. The van der Waals surface area contributed by atoms with E-state index in [1.807, 2.05) is 7.11 Å². The summed E-state index contributed by atoms with van der Waals surface area (Å²) in [5, 5.41) is 3.52. The maximum Gasteiger partial charge on any atom is 0.254 e. The highest BCUT2D eigenvalue weighted by atomic mass is 16.5.